The lowest BCUT2D eigenvalue weighted by molar-refractivity contribution is 0.0927. The number of rotatable bonds is 15. The Morgan fingerprint density at radius 1 is 1.13 bits per heavy atom. The molecule has 0 bridgehead atoms. The third kappa shape index (κ3) is 9.17. The molecule has 1 atom stereocenters. The van der Waals surface area contributed by atoms with Crippen molar-refractivity contribution < 1.29 is 28.2 Å². The molecule has 1 aromatic heterocycles. The molecule has 3 rings (SSSR count). The first-order valence-corrected chi connectivity index (χ1v) is 13.8. The Hall–Kier alpha value is -2.83. The number of amides is 3. The van der Waals surface area contributed by atoms with E-state index in [1.807, 2.05) is 0 Å². The van der Waals surface area contributed by atoms with Crippen molar-refractivity contribution in [3.63, 3.8) is 0 Å². The van der Waals surface area contributed by atoms with Crippen LogP contribution in [0.2, 0.25) is 0 Å². The zero-order valence-electron chi connectivity index (χ0n) is 21.5. The average molecular weight is 554 g/mol. The van der Waals surface area contributed by atoms with E-state index in [0.717, 1.165) is 56.9 Å². The van der Waals surface area contributed by atoms with E-state index in [-0.39, 0.29) is 29.2 Å². The number of ether oxygens (including phenoxy) is 1. The molecule has 0 saturated carbocycles. The second-order valence-corrected chi connectivity index (χ2v) is 10.2. The standard InChI is InChI=1S/C26H37F2N5O4S/c27-14-18-8-9-19(15-28)20(13-18)17-37-24-22(23(29)35)25(38-32-24)31-26(36)30-10-4-1-3-7-21(34)16-33-11-5-2-6-12-33/h8-9,13,21,34H,1-7,10-12,14-17H2,(H2,29,35)(H2,30,31,36). The molecule has 0 radical (unpaired) electrons. The number of alkyl halides is 2. The number of nitrogens with one attached hydrogen (secondary N) is 2. The van der Waals surface area contributed by atoms with Crippen LogP contribution in [0.1, 0.15) is 72.0 Å². The molecule has 38 heavy (non-hydrogen) atoms. The molecule has 1 saturated heterocycles. The van der Waals surface area contributed by atoms with Crippen LogP contribution < -0.4 is 21.1 Å². The largest absolute Gasteiger partial charge is 0.472 e. The van der Waals surface area contributed by atoms with Crippen LogP contribution in [-0.2, 0) is 20.0 Å². The summed E-state index contributed by atoms with van der Waals surface area (Å²) < 4.78 is 35.9. The summed E-state index contributed by atoms with van der Waals surface area (Å²) >= 11 is 0.837. The van der Waals surface area contributed by atoms with Crippen molar-refractivity contribution in [1.82, 2.24) is 14.6 Å². The quantitative estimate of drug-likeness (QED) is 0.244. The molecular weight excluding hydrogens is 516 g/mol. The number of halogens is 2. The van der Waals surface area contributed by atoms with Gasteiger partial charge in [0.15, 0.2) is 0 Å². The number of hydrogen-bond donors (Lipinski definition) is 4. The van der Waals surface area contributed by atoms with E-state index in [1.54, 1.807) is 0 Å². The number of aliphatic hydroxyl groups is 1. The lowest BCUT2D eigenvalue weighted by atomic mass is 10.1. The molecule has 1 unspecified atom stereocenters. The minimum Gasteiger partial charge on any atom is -0.472 e. The molecule has 12 heteroatoms. The number of carbonyl (C=O) groups is 2. The molecule has 1 aromatic carbocycles. The minimum atomic E-state index is -0.838. The molecule has 2 heterocycles. The molecule has 5 N–H and O–H groups in total. The van der Waals surface area contributed by atoms with Crippen LogP contribution in [0.5, 0.6) is 5.88 Å². The van der Waals surface area contributed by atoms with Crippen molar-refractivity contribution in [1.29, 1.82) is 0 Å². The van der Waals surface area contributed by atoms with Crippen LogP contribution in [0.3, 0.4) is 0 Å². The smallest absolute Gasteiger partial charge is 0.319 e. The Balaban J connectivity index is 1.41. The predicted octanol–water partition coefficient (Wildman–Crippen LogP) is 4.29. The van der Waals surface area contributed by atoms with E-state index in [2.05, 4.69) is 19.9 Å². The molecule has 2 aromatic rings. The lowest BCUT2D eigenvalue weighted by Gasteiger charge is -2.28. The van der Waals surface area contributed by atoms with Gasteiger partial charge in [0.2, 0.25) is 5.88 Å². The van der Waals surface area contributed by atoms with Crippen LogP contribution in [0.4, 0.5) is 18.6 Å². The second-order valence-electron chi connectivity index (χ2n) is 9.46. The Kier molecular flexibility index (Phi) is 12.2. The number of unbranched alkanes of at least 4 members (excludes halogenated alkanes) is 2. The summed E-state index contributed by atoms with van der Waals surface area (Å²) in [6.45, 7) is 1.69. The molecular formula is C26H37F2N5O4S. The Labute approximate surface area is 225 Å². The van der Waals surface area contributed by atoms with Gasteiger partial charge in [-0.1, -0.05) is 31.4 Å². The Morgan fingerprint density at radius 3 is 2.63 bits per heavy atom. The van der Waals surface area contributed by atoms with Crippen molar-refractivity contribution in [2.75, 3.05) is 31.5 Å². The number of carbonyl (C=O) groups excluding carboxylic acids is 2. The van der Waals surface area contributed by atoms with E-state index in [1.165, 1.54) is 37.5 Å². The van der Waals surface area contributed by atoms with Gasteiger partial charge in [-0.3, -0.25) is 10.1 Å². The van der Waals surface area contributed by atoms with Gasteiger partial charge in [0.1, 0.15) is 30.5 Å². The zero-order valence-corrected chi connectivity index (χ0v) is 22.3. The fourth-order valence-corrected chi connectivity index (χ4v) is 5.15. The van der Waals surface area contributed by atoms with Gasteiger partial charge in [-0.15, -0.1) is 0 Å². The van der Waals surface area contributed by atoms with Gasteiger partial charge in [0.25, 0.3) is 5.91 Å². The van der Waals surface area contributed by atoms with E-state index < -0.39 is 25.3 Å². The maximum Gasteiger partial charge on any atom is 0.319 e. The monoisotopic (exact) mass is 553 g/mol. The number of piperidine rings is 1. The van der Waals surface area contributed by atoms with Crippen molar-refractivity contribution >= 4 is 28.5 Å². The van der Waals surface area contributed by atoms with Gasteiger partial charge in [0, 0.05) is 13.1 Å². The molecule has 210 valence electrons. The molecule has 3 amide bonds. The number of hydrogen-bond acceptors (Lipinski definition) is 7. The SMILES string of the molecule is NC(=O)c1c(OCc2cc(CF)ccc2CF)nsc1NC(=O)NCCCCCC(O)CN1CCCCC1. The summed E-state index contributed by atoms with van der Waals surface area (Å²) in [7, 11) is 0. The van der Waals surface area contributed by atoms with Gasteiger partial charge < -0.3 is 25.8 Å². The minimum absolute atomic E-state index is 0.0867. The van der Waals surface area contributed by atoms with Crippen LogP contribution in [0.15, 0.2) is 18.2 Å². The van der Waals surface area contributed by atoms with Crippen molar-refractivity contribution in [3.8, 4) is 5.88 Å². The van der Waals surface area contributed by atoms with E-state index >= 15 is 0 Å². The summed E-state index contributed by atoms with van der Waals surface area (Å²) in [5.74, 6) is -0.924. The normalized spacial score (nSPS) is 14.7. The maximum atomic E-state index is 13.3. The first-order chi connectivity index (χ1) is 18.4. The van der Waals surface area contributed by atoms with Crippen molar-refractivity contribution in [3.05, 3.63) is 40.5 Å². The number of aromatic nitrogens is 1. The zero-order chi connectivity index (χ0) is 27.3. The van der Waals surface area contributed by atoms with E-state index in [4.69, 9.17) is 10.5 Å². The number of β-amino-alcohol motifs (C(OH)–C–C–N with tert-alkyl or cyclic N) is 1. The Morgan fingerprint density at radius 2 is 1.92 bits per heavy atom. The topological polar surface area (TPSA) is 130 Å². The second kappa shape index (κ2) is 15.6. The number of aliphatic hydroxyl groups excluding tert-OH is 1. The van der Waals surface area contributed by atoms with Crippen LogP contribution >= 0.6 is 11.5 Å². The number of nitrogens with two attached hydrogens (primary N) is 1. The van der Waals surface area contributed by atoms with Crippen LogP contribution in [0.25, 0.3) is 0 Å². The number of nitrogens with zero attached hydrogens (tertiary/aromatic N) is 2. The fourth-order valence-electron chi connectivity index (χ4n) is 4.41. The summed E-state index contributed by atoms with van der Waals surface area (Å²) in [6, 6.07) is 3.96. The fraction of sp³-hybridized carbons (Fsp3) is 0.577. The molecule has 1 fully saturated rings. The molecule has 9 nitrogen and oxygen atoms in total. The Bertz CT molecular complexity index is 1050. The number of benzene rings is 1. The number of primary amides is 1. The predicted molar refractivity (Wildman–Crippen MR) is 143 cm³/mol. The van der Waals surface area contributed by atoms with Gasteiger partial charge in [-0.05, 0) is 73.1 Å². The highest BCUT2D eigenvalue weighted by atomic mass is 32.1. The molecule has 1 aliphatic rings. The third-order valence-electron chi connectivity index (χ3n) is 6.48. The van der Waals surface area contributed by atoms with Gasteiger partial charge in [-0.25, -0.2) is 13.6 Å². The number of urea groups is 1. The van der Waals surface area contributed by atoms with Gasteiger partial charge >= 0.3 is 6.03 Å². The van der Waals surface area contributed by atoms with Crippen LogP contribution in [0, 0.1) is 0 Å². The van der Waals surface area contributed by atoms with E-state index in [9.17, 15) is 23.5 Å². The molecule has 0 aliphatic carbocycles. The maximum absolute atomic E-state index is 13.3. The average Bonchev–Trinajstić information content (AvgIpc) is 3.32. The highest BCUT2D eigenvalue weighted by Crippen LogP contribution is 2.31. The summed E-state index contributed by atoms with van der Waals surface area (Å²) in [5.41, 5.74) is 6.55. The molecule has 0 spiro atoms. The highest BCUT2D eigenvalue weighted by molar-refractivity contribution is 7.11. The van der Waals surface area contributed by atoms with Gasteiger partial charge in [0.05, 0.1) is 6.10 Å². The number of anilines is 1. The summed E-state index contributed by atoms with van der Waals surface area (Å²) in [5, 5.41) is 15.7. The summed E-state index contributed by atoms with van der Waals surface area (Å²) in [6.07, 6.45) is 6.58. The first-order valence-electron chi connectivity index (χ1n) is 13.0. The lowest BCUT2D eigenvalue weighted by Crippen LogP contribution is -2.36. The first kappa shape index (κ1) is 29.7. The highest BCUT2D eigenvalue weighted by Gasteiger charge is 2.22. The van der Waals surface area contributed by atoms with Crippen LogP contribution in [-0.4, -0.2) is 58.6 Å². The van der Waals surface area contributed by atoms with Gasteiger partial charge in [-0.2, -0.15) is 4.37 Å². The summed E-state index contributed by atoms with van der Waals surface area (Å²) in [4.78, 5) is 26.7. The van der Waals surface area contributed by atoms with Crippen molar-refractivity contribution in [2.24, 2.45) is 5.73 Å². The van der Waals surface area contributed by atoms with Crippen molar-refractivity contribution in [2.45, 2.75) is 71.0 Å². The third-order valence-corrected chi connectivity index (χ3v) is 7.23. The molecule has 1 aliphatic heterocycles. The van der Waals surface area contributed by atoms with E-state index in [0.29, 0.717) is 23.2 Å². The number of likely N-dealkylation sites (tertiary alicyclic amines) is 1.